The lowest BCUT2D eigenvalue weighted by Gasteiger charge is -2.18. The second-order valence-electron chi connectivity index (χ2n) is 4.79. The molecule has 0 saturated carbocycles. The van der Waals surface area contributed by atoms with Gasteiger partial charge in [0.1, 0.15) is 6.10 Å². The molecule has 4 nitrogen and oxygen atoms in total. The Labute approximate surface area is 125 Å². The largest absolute Gasteiger partial charge is 0.462 e. The van der Waals surface area contributed by atoms with Crippen LogP contribution in [0.25, 0.3) is 0 Å². The molecule has 0 radical (unpaired) electrons. The van der Waals surface area contributed by atoms with Crippen molar-refractivity contribution >= 4 is 11.9 Å². The molecule has 0 aromatic heterocycles. The van der Waals surface area contributed by atoms with Crippen molar-refractivity contribution in [1.82, 2.24) is 0 Å². The average Bonchev–Trinajstić information content (AvgIpc) is 2.46. The number of carbonyl (C=O) groups excluding carboxylic acids is 2. The first kappa shape index (κ1) is 16.7. The molecule has 1 aromatic rings. The summed E-state index contributed by atoms with van der Waals surface area (Å²) < 4.78 is 10.4. The van der Waals surface area contributed by atoms with Crippen LogP contribution in [-0.2, 0) is 19.1 Å². The molecule has 0 spiro atoms. The minimum absolute atomic E-state index is 0.148. The summed E-state index contributed by atoms with van der Waals surface area (Å²) in [5.74, 6) is -0.914. The molecule has 0 amide bonds. The molecular weight excluding hydrogens is 268 g/mol. The normalized spacial score (nSPS) is 11.3. The minimum Gasteiger partial charge on any atom is -0.462 e. The number of benzene rings is 1. The Morgan fingerprint density at radius 2 is 1.62 bits per heavy atom. The first-order chi connectivity index (χ1) is 9.91. The molecule has 1 unspecified atom stereocenters. The molecule has 112 valence electrons. The molecule has 0 N–H and O–H groups in total. The predicted octanol–water partition coefficient (Wildman–Crippen LogP) is 3.36. The number of rotatable bonds is 7. The van der Waals surface area contributed by atoms with Crippen molar-refractivity contribution in [2.75, 3.05) is 6.61 Å². The van der Waals surface area contributed by atoms with Gasteiger partial charge < -0.3 is 9.47 Å². The van der Waals surface area contributed by atoms with Crippen molar-refractivity contribution in [2.24, 2.45) is 0 Å². The zero-order valence-electron chi connectivity index (χ0n) is 12.4. The SMILES string of the molecule is C=C(C)C(=O)OCCC(OC(=O)C(=C)C)c1ccccc1. The number of ether oxygens (including phenoxy) is 2. The van der Waals surface area contributed by atoms with Crippen LogP contribution in [0.1, 0.15) is 31.9 Å². The van der Waals surface area contributed by atoms with E-state index in [1.54, 1.807) is 13.8 Å². The van der Waals surface area contributed by atoms with E-state index < -0.39 is 18.0 Å². The van der Waals surface area contributed by atoms with Gasteiger partial charge in [0.2, 0.25) is 0 Å². The standard InChI is InChI=1S/C17H20O4/c1-12(2)16(18)20-11-10-15(21-17(19)13(3)4)14-8-6-5-7-9-14/h5-9,15H,1,3,10-11H2,2,4H3. The van der Waals surface area contributed by atoms with E-state index in [0.29, 0.717) is 17.6 Å². The van der Waals surface area contributed by atoms with Crippen LogP contribution in [-0.4, -0.2) is 18.5 Å². The first-order valence-electron chi connectivity index (χ1n) is 6.66. The number of hydrogen-bond acceptors (Lipinski definition) is 4. The van der Waals surface area contributed by atoms with E-state index in [-0.39, 0.29) is 6.61 Å². The van der Waals surface area contributed by atoms with E-state index in [1.807, 2.05) is 30.3 Å². The Bertz CT molecular complexity index is 531. The first-order valence-corrected chi connectivity index (χ1v) is 6.66. The minimum atomic E-state index is -0.478. The monoisotopic (exact) mass is 288 g/mol. The number of esters is 2. The van der Waals surface area contributed by atoms with E-state index >= 15 is 0 Å². The Morgan fingerprint density at radius 1 is 1.05 bits per heavy atom. The quantitative estimate of drug-likeness (QED) is 0.570. The maximum absolute atomic E-state index is 11.7. The topological polar surface area (TPSA) is 52.6 Å². The van der Waals surface area contributed by atoms with Crippen molar-refractivity contribution in [3.63, 3.8) is 0 Å². The van der Waals surface area contributed by atoms with E-state index in [4.69, 9.17) is 9.47 Å². The highest BCUT2D eigenvalue weighted by molar-refractivity contribution is 5.87. The summed E-state index contributed by atoms with van der Waals surface area (Å²) in [6.45, 7) is 10.4. The Hall–Kier alpha value is -2.36. The maximum Gasteiger partial charge on any atom is 0.333 e. The molecule has 0 saturated heterocycles. The zero-order chi connectivity index (χ0) is 15.8. The molecule has 0 aliphatic carbocycles. The Morgan fingerprint density at radius 3 is 2.14 bits per heavy atom. The van der Waals surface area contributed by atoms with Crippen molar-refractivity contribution in [3.05, 3.63) is 60.2 Å². The maximum atomic E-state index is 11.7. The lowest BCUT2D eigenvalue weighted by molar-refractivity contribution is -0.146. The van der Waals surface area contributed by atoms with Crippen LogP contribution in [0.4, 0.5) is 0 Å². The lowest BCUT2D eigenvalue weighted by Crippen LogP contribution is -2.15. The van der Waals surface area contributed by atoms with Gasteiger partial charge in [-0.25, -0.2) is 9.59 Å². The second-order valence-corrected chi connectivity index (χ2v) is 4.79. The fourth-order valence-electron chi connectivity index (χ4n) is 1.57. The van der Waals surface area contributed by atoms with Gasteiger partial charge in [0, 0.05) is 17.6 Å². The van der Waals surface area contributed by atoms with Crippen molar-refractivity contribution in [2.45, 2.75) is 26.4 Å². The average molecular weight is 288 g/mol. The Kier molecular flexibility index (Phi) is 6.40. The molecule has 0 aliphatic rings. The van der Waals surface area contributed by atoms with Gasteiger partial charge in [-0.1, -0.05) is 43.5 Å². The molecule has 0 bridgehead atoms. The third kappa shape index (κ3) is 5.65. The summed E-state index contributed by atoms with van der Waals surface area (Å²) in [5, 5.41) is 0. The van der Waals surface area contributed by atoms with E-state index in [9.17, 15) is 9.59 Å². The third-order valence-electron chi connectivity index (χ3n) is 2.73. The fraction of sp³-hybridized carbons (Fsp3) is 0.294. The van der Waals surface area contributed by atoms with Gasteiger partial charge in [0.15, 0.2) is 0 Å². The van der Waals surface area contributed by atoms with Crippen LogP contribution in [0.5, 0.6) is 0 Å². The van der Waals surface area contributed by atoms with Crippen molar-refractivity contribution < 1.29 is 19.1 Å². The van der Waals surface area contributed by atoms with E-state index in [0.717, 1.165) is 5.56 Å². The summed E-state index contributed by atoms with van der Waals surface area (Å²) in [4.78, 5) is 23.0. The van der Waals surface area contributed by atoms with Crippen LogP contribution in [0.15, 0.2) is 54.6 Å². The fourth-order valence-corrected chi connectivity index (χ4v) is 1.57. The molecular formula is C17H20O4. The highest BCUT2D eigenvalue weighted by atomic mass is 16.6. The lowest BCUT2D eigenvalue weighted by atomic mass is 10.1. The summed E-state index contributed by atoms with van der Waals surface area (Å²) in [6, 6.07) is 9.31. The summed E-state index contributed by atoms with van der Waals surface area (Å²) in [5.41, 5.74) is 1.51. The third-order valence-corrected chi connectivity index (χ3v) is 2.73. The van der Waals surface area contributed by atoms with Gasteiger partial charge in [0.25, 0.3) is 0 Å². The summed E-state index contributed by atoms with van der Waals surface area (Å²) >= 11 is 0. The summed E-state index contributed by atoms with van der Waals surface area (Å²) in [6.07, 6.45) is -0.101. The number of carbonyl (C=O) groups is 2. The number of hydrogen-bond donors (Lipinski definition) is 0. The molecule has 1 atom stereocenters. The van der Waals surface area contributed by atoms with Crippen molar-refractivity contribution in [3.8, 4) is 0 Å². The smallest absolute Gasteiger partial charge is 0.333 e. The van der Waals surface area contributed by atoms with E-state index in [2.05, 4.69) is 13.2 Å². The van der Waals surface area contributed by atoms with Gasteiger partial charge in [-0.3, -0.25) is 0 Å². The van der Waals surface area contributed by atoms with E-state index in [1.165, 1.54) is 0 Å². The molecule has 1 aromatic carbocycles. The van der Waals surface area contributed by atoms with Gasteiger partial charge in [-0.2, -0.15) is 0 Å². The van der Waals surface area contributed by atoms with Crippen LogP contribution < -0.4 is 0 Å². The van der Waals surface area contributed by atoms with Crippen LogP contribution in [0.2, 0.25) is 0 Å². The van der Waals surface area contributed by atoms with Crippen molar-refractivity contribution in [1.29, 1.82) is 0 Å². The van der Waals surface area contributed by atoms with Gasteiger partial charge in [0.05, 0.1) is 6.61 Å². The zero-order valence-corrected chi connectivity index (χ0v) is 12.4. The predicted molar refractivity (Wildman–Crippen MR) is 80.5 cm³/mol. The molecule has 21 heavy (non-hydrogen) atoms. The second kappa shape index (κ2) is 8.04. The summed E-state index contributed by atoms with van der Waals surface area (Å²) in [7, 11) is 0. The van der Waals surface area contributed by atoms with Crippen LogP contribution in [0, 0.1) is 0 Å². The highest BCUT2D eigenvalue weighted by Gasteiger charge is 2.18. The molecule has 0 heterocycles. The van der Waals surface area contributed by atoms with Gasteiger partial charge in [-0.15, -0.1) is 0 Å². The molecule has 0 aliphatic heterocycles. The highest BCUT2D eigenvalue weighted by Crippen LogP contribution is 2.22. The molecule has 1 rings (SSSR count). The van der Waals surface area contributed by atoms with Crippen LogP contribution >= 0.6 is 0 Å². The Balaban J connectivity index is 2.69. The van der Waals surface area contributed by atoms with Crippen LogP contribution in [0.3, 0.4) is 0 Å². The van der Waals surface area contributed by atoms with Gasteiger partial charge >= 0.3 is 11.9 Å². The van der Waals surface area contributed by atoms with Gasteiger partial charge in [-0.05, 0) is 19.4 Å². The molecule has 4 heteroatoms. The molecule has 0 fully saturated rings.